The molecule has 0 aromatic heterocycles. The Hall–Kier alpha value is -1.86. The van der Waals surface area contributed by atoms with Gasteiger partial charge in [-0.25, -0.2) is 21.6 Å². The van der Waals surface area contributed by atoms with Crippen molar-refractivity contribution in [1.82, 2.24) is 0 Å². The number of halogens is 7. The molecule has 0 N–H and O–H groups in total. The number of rotatable bonds is 5. The van der Waals surface area contributed by atoms with Gasteiger partial charge in [-0.3, -0.25) is 9.59 Å². The summed E-state index contributed by atoms with van der Waals surface area (Å²) in [7, 11) is -4.82. The third-order valence-corrected chi connectivity index (χ3v) is 9.48. The van der Waals surface area contributed by atoms with E-state index in [0.29, 0.717) is 12.8 Å². The molecule has 0 aliphatic heterocycles. The van der Waals surface area contributed by atoms with E-state index in [-0.39, 0.29) is 12.9 Å². The third-order valence-electron chi connectivity index (χ3n) is 6.11. The molecular weight excluding hydrogens is 757 g/mol. The normalized spacial score (nSPS) is 22.7. The molecule has 4 unspecified atom stereocenters. The number of benzene rings is 2. The van der Waals surface area contributed by atoms with Gasteiger partial charge in [0.2, 0.25) is 34.8 Å². The van der Waals surface area contributed by atoms with E-state index >= 15 is 0 Å². The van der Waals surface area contributed by atoms with Crippen LogP contribution < -0.4 is 9.47 Å². The zero-order valence-electron chi connectivity index (χ0n) is 17.9. The number of ether oxygens (including phenoxy) is 2. The molecule has 0 saturated heterocycles. The monoisotopic (exact) mass is 769 g/mol. The predicted molar refractivity (Wildman–Crippen MR) is 130 cm³/mol. The number of fused-ring (bicyclic) bond motifs is 2. The van der Waals surface area contributed by atoms with Gasteiger partial charge in [0.1, 0.15) is 15.9 Å². The largest absolute Gasteiger partial charge is 0.744 e. The minimum atomic E-state index is -4.82. The minimum Gasteiger partial charge on any atom is -0.744 e. The Kier molecular flexibility index (Phi) is 7.89. The first-order chi connectivity index (χ1) is 17.2. The highest BCUT2D eigenvalue weighted by Gasteiger charge is 2.50. The summed E-state index contributed by atoms with van der Waals surface area (Å²) in [6.07, 6.45) is 4.08. The van der Waals surface area contributed by atoms with Crippen LogP contribution in [0, 0.1) is 59.9 Å². The second kappa shape index (κ2) is 10.4. The van der Waals surface area contributed by atoms with Crippen molar-refractivity contribution in [3.63, 3.8) is 0 Å². The van der Waals surface area contributed by atoms with Gasteiger partial charge in [-0.05, 0) is 82.0 Å². The molecule has 0 spiro atoms. The summed E-state index contributed by atoms with van der Waals surface area (Å²) in [5.41, 5.74) is 0. The first-order valence-electron chi connectivity index (χ1n) is 10.3. The summed E-state index contributed by atoms with van der Waals surface area (Å²) < 4.78 is 113. The van der Waals surface area contributed by atoms with Crippen LogP contribution in [0.1, 0.15) is 12.8 Å². The summed E-state index contributed by atoms with van der Waals surface area (Å²) in [5.74, 6) is -19.8. The predicted octanol–water partition coefficient (Wildman–Crippen LogP) is 4.83. The lowest BCUT2D eigenvalue weighted by atomic mass is 9.62. The van der Waals surface area contributed by atoms with Gasteiger partial charge in [-0.1, -0.05) is 12.2 Å². The van der Waals surface area contributed by atoms with Crippen molar-refractivity contribution in [2.75, 3.05) is 0 Å². The zero-order valence-corrected chi connectivity index (χ0v) is 23.1. The highest BCUT2D eigenvalue weighted by molar-refractivity contribution is 14.1. The van der Waals surface area contributed by atoms with Gasteiger partial charge in [-0.2, -0.15) is 8.78 Å². The lowest BCUT2D eigenvalue weighted by Crippen LogP contribution is -2.48. The summed E-state index contributed by atoms with van der Waals surface area (Å²) in [5, 5.41) is 0. The van der Waals surface area contributed by atoms with E-state index in [2.05, 4.69) is 4.74 Å². The van der Waals surface area contributed by atoms with Crippen LogP contribution in [-0.2, 0) is 19.7 Å². The Balaban J connectivity index is 1.64. The van der Waals surface area contributed by atoms with Gasteiger partial charge in [0.25, 0.3) is 0 Å². The van der Waals surface area contributed by atoms with Crippen molar-refractivity contribution < 1.29 is 54.0 Å². The lowest BCUT2D eigenvalue weighted by molar-refractivity contribution is -0.157. The van der Waals surface area contributed by atoms with Gasteiger partial charge >= 0.3 is 11.9 Å². The Morgan fingerprint density at radius 2 is 1.19 bits per heavy atom. The summed E-state index contributed by atoms with van der Waals surface area (Å²) in [6.45, 7) is 0. The molecule has 15 heteroatoms. The van der Waals surface area contributed by atoms with Crippen molar-refractivity contribution in [2.45, 2.75) is 17.7 Å². The fourth-order valence-electron chi connectivity index (χ4n) is 4.50. The number of hydrogen-bond donors (Lipinski definition) is 0. The second-order valence-corrected chi connectivity index (χ2v) is 11.9. The maximum absolute atomic E-state index is 14.1. The average molecular weight is 769 g/mol. The lowest BCUT2D eigenvalue weighted by Gasteiger charge is -2.41. The van der Waals surface area contributed by atoms with Crippen LogP contribution in [0.25, 0.3) is 0 Å². The standard InChI is InChI=1S/C22H13F5I2O7S/c23-14-15(24)17(26)19(18(27)16(14)25)36-22(31)13-8-3-1-7(2-4-8)12(13)21(30)35-9-5-10(28)20(11(29)6-9)37(32,33)34/h1,3,5-8,12-13H,2,4H2,(H,32,33,34)/p-1. The highest BCUT2D eigenvalue weighted by atomic mass is 127. The first kappa shape index (κ1) is 28.2. The summed E-state index contributed by atoms with van der Waals surface area (Å²) in [6, 6.07) is 2.26. The van der Waals surface area contributed by atoms with Gasteiger partial charge in [0.05, 0.1) is 16.7 Å². The van der Waals surface area contributed by atoms with Crippen LogP contribution in [0.15, 0.2) is 29.2 Å². The number of esters is 2. The molecule has 2 bridgehead atoms. The Bertz CT molecular complexity index is 1410. The van der Waals surface area contributed by atoms with Crippen molar-refractivity contribution in [2.24, 2.45) is 23.7 Å². The van der Waals surface area contributed by atoms with E-state index in [9.17, 15) is 44.5 Å². The topological polar surface area (TPSA) is 110 Å². The molecule has 0 amide bonds. The first-order valence-corrected chi connectivity index (χ1v) is 13.9. The minimum absolute atomic E-state index is 0.0189. The summed E-state index contributed by atoms with van der Waals surface area (Å²) >= 11 is 3.16. The molecule has 37 heavy (non-hydrogen) atoms. The fourth-order valence-corrected chi connectivity index (χ4v) is 8.42. The molecule has 2 aromatic rings. The van der Waals surface area contributed by atoms with Crippen molar-refractivity contribution in [3.05, 3.63) is 60.5 Å². The molecule has 3 aliphatic carbocycles. The summed E-state index contributed by atoms with van der Waals surface area (Å²) in [4.78, 5) is 25.6. The van der Waals surface area contributed by atoms with Crippen LogP contribution in [0.4, 0.5) is 22.0 Å². The van der Waals surface area contributed by atoms with E-state index in [1.165, 1.54) is 0 Å². The molecule has 4 atom stereocenters. The van der Waals surface area contributed by atoms with Crippen LogP contribution in [-0.4, -0.2) is 24.9 Å². The van der Waals surface area contributed by atoms with E-state index < -0.39 is 85.5 Å². The van der Waals surface area contributed by atoms with Crippen LogP contribution in [0.2, 0.25) is 0 Å². The number of allylic oxidation sites excluding steroid dienone is 2. The van der Waals surface area contributed by atoms with Crippen molar-refractivity contribution in [3.8, 4) is 11.5 Å². The van der Waals surface area contributed by atoms with E-state index in [4.69, 9.17) is 4.74 Å². The maximum Gasteiger partial charge on any atom is 0.316 e. The molecule has 0 radical (unpaired) electrons. The molecular formula is C22H12F5I2O7S-. The van der Waals surface area contributed by atoms with E-state index in [1.54, 1.807) is 57.3 Å². The molecule has 1 saturated carbocycles. The molecule has 198 valence electrons. The zero-order chi connectivity index (χ0) is 27.4. The number of carbonyl (C=O) groups is 2. The Labute approximate surface area is 233 Å². The second-order valence-electron chi connectivity index (χ2n) is 8.25. The van der Waals surface area contributed by atoms with Crippen LogP contribution >= 0.6 is 45.2 Å². The smallest absolute Gasteiger partial charge is 0.316 e. The van der Waals surface area contributed by atoms with Gasteiger partial charge in [0, 0.05) is 7.14 Å². The molecule has 0 heterocycles. The van der Waals surface area contributed by atoms with Crippen LogP contribution in [0.3, 0.4) is 0 Å². The van der Waals surface area contributed by atoms with Crippen molar-refractivity contribution >= 4 is 67.2 Å². The molecule has 7 nitrogen and oxygen atoms in total. The van der Waals surface area contributed by atoms with Crippen LogP contribution in [0.5, 0.6) is 11.5 Å². The van der Waals surface area contributed by atoms with E-state index in [1.807, 2.05) is 0 Å². The molecule has 3 aliphatic rings. The number of hydrogen-bond acceptors (Lipinski definition) is 7. The van der Waals surface area contributed by atoms with Gasteiger partial charge in [0.15, 0.2) is 0 Å². The van der Waals surface area contributed by atoms with E-state index in [0.717, 1.165) is 12.1 Å². The Morgan fingerprint density at radius 1 is 0.784 bits per heavy atom. The maximum atomic E-state index is 14.1. The average Bonchev–Trinajstić information content (AvgIpc) is 2.82. The van der Waals surface area contributed by atoms with Gasteiger partial charge in [-0.15, -0.1) is 0 Å². The number of carbonyl (C=O) groups excluding carboxylic acids is 2. The molecule has 1 fully saturated rings. The van der Waals surface area contributed by atoms with Gasteiger partial charge < -0.3 is 14.0 Å². The van der Waals surface area contributed by atoms with Crippen molar-refractivity contribution in [1.29, 1.82) is 0 Å². The third kappa shape index (κ3) is 5.23. The fraction of sp³-hybridized carbons (Fsp3) is 0.273. The highest BCUT2D eigenvalue weighted by Crippen LogP contribution is 2.46. The Morgan fingerprint density at radius 3 is 1.59 bits per heavy atom. The molecule has 2 aromatic carbocycles. The quantitative estimate of drug-likeness (QED) is 0.0627. The SMILES string of the molecule is O=C(Oc1cc(I)c(S(=O)(=O)[O-])c(I)c1)C1C2C=CC(CC2)C1C(=O)Oc1c(F)c(F)c(F)c(F)c1F. The molecule has 5 rings (SSSR count).